The highest BCUT2D eigenvalue weighted by Gasteiger charge is 2.28. The lowest BCUT2D eigenvalue weighted by atomic mass is 9.96. The fraction of sp³-hybridized carbons (Fsp3) is 0.429. The first kappa shape index (κ1) is 17.8. The van der Waals surface area contributed by atoms with Crippen molar-refractivity contribution in [3.05, 3.63) is 23.3 Å². The van der Waals surface area contributed by atoms with Crippen molar-refractivity contribution in [3.63, 3.8) is 0 Å². The van der Waals surface area contributed by atoms with Gasteiger partial charge in [0.15, 0.2) is 0 Å². The lowest BCUT2D eigenvalue weighted by molar-refractivity contribution is -0.136. The Morgan fingerprint density at radius 1 is 1.45 bits per heavy atom. The molecule has 0 bridgehead atoms. The number of methoxy groups -OCH3 is 1. The first-order valence-corrected chi connectivity index (χ1v) is 5.65. The summed E-state index contributed by atoms with van der Waals surface area (Å²) in [7, 11) is 1.16. The molecule has 20 heavy (non-hydrogen) atoms. The molecule has 0 aliphatic heterocycles. The number of hydrogen-bond acceptors (Lipinski definition) is 3. The summed E-state index contributed by atoms with van der Waals surface area (Å²) in [5.41, 5.74) is 0.327. The summed E-state index contributed by atoms with van der Waals surface area (Å²) in [6, 6.07) is 1.79. The first-order chi connectivity index (χ1) is 9.25. The summed E-state index contributed by atoms with van der Waals surface area (Å²) in [5, 5.41) is 8.86. The van der Waals surface area contributed by atoms with Crippen LogP contribution in [0.25, 0.3) is 0 Å². The lowest BCUT2D eigenvalue weighted by Gasteiger charge is -2.11. The van der Waals surface area contributed by atoms with E-state index < -0.39 is 24.5 Å². The molecule has 0 N–H and O–H groups in total. The number of allylic oxidation sites excluding steroid dienone is 3. The predicted octanol–water partition coefficient (Wildman–Crippen LogP) is 3.15. The Morgan fingerprint density at radius 2 is 2.05 bits per heavy atom. The molecule has 0 aromatic heterocycles. The molecular weight excluding hydrogens is 271 g/mol. The Kier molecular flexibility index (Phi) is 7.17. The number of ether oxygens (including phenoxy) is 1. The molecule has 0 aromatic rings. The summed E-state index contributed by atoms with van der Waals surface area (Å²) in [4.78, 5) is 11.2. The van der Waals surface area contributed by atoms with E-state index in [2.05, 4.69) is 10.7 Å². The molecule has 3 nitrogen and oxygen atoms in total. The maximum atomic E-state index is 12.1. The fourth-order valence-electron chi connectivity index (χ4n) is 1.32. The number of hydrogen-bond donors (Lipinski definition) is 0. The molecule has 0 fully saturated rings. The van der Waals surface area contributed by atoms with Crippen molar-refractivity contribution >= 4 is 5.97 Å². The zero-order chi connectivity index (χ0) is 15.8. The van der Waals surface area contributed by atoms with E-state index in [1.807, 2.05) is 0 Å². The molecule has 1 atom stereocenters. The average Bonchev–Trinajstić information content (AvgIpc) is 2.38. The van der Waals surface area contributed by atoms with Crippen molar-refractivity contribution in [1.82, 2.24) is 0 Å². The van der Waals surface area contributed by atoms with Gasteiger partial charge in [0.05, 0.1) is 19.1 Å². The zero-order valence-electron chi connectivity index (χ0n) is 11.1. The van der Waals surface area contributed by atoms with E-state index in [4.69, 9.17) is 11.7 Å². The Balaban J connectivity index is 4.93. The van der Waals surface area contributed by atoms with Crippen molar-refractivity contribution in [1.29, 1.82) is 5.26 Å². The summed E-state index contributed by atoms with van der Waals surface area (Å²) in [5.74, 6) is 0.494. The summed E-state index contributed by atoms with van der Waals surface area (Å²) >= 11 is 0. The maximum Gasteiger partial charge on any atom is 0.389 e. The van der Waals surface area contributed by atoms with Gasteiger partial charge in [-0.1, -0.05) is 17.6 Å². The lowest BCUT2D eigenvalue weighted by Crippen LogP contribution is -2.11. The second-order valence-electron chi connectivity index (χ2n) is 3.96. The second kappa shape index (κ2) is 8.06. The standard InChI is InChI=1S/C14H14F3NO2/c1-4-11(13(19)20-3)6-5-10(2)12(9-18)7-8-14(15,16)17/h1,5-6,12H,7-8H2,2-3H3. The number of carbonyl (C=O) groups excluding carboxylic acids is 1. The van der Waals surface area contributed by atoms with E-state index >= 15 is 0 Å². The van der Waals surface area contributed by atoms with Crippen LogP contribution in [0.2, 0.25) is 0 Å². The number of alkyl halides is 3. The summed E-state index contributed by atoms with van der Waals surface area (Å²) < 4.78 is 40.7. The molecule has 0 heterocycles. The third-order valence-electron chi connectivity index (χ3n) is 2.50. The molecule has 0 aliphatic carbocycles. The number of nitrogens with zero attached hydrogens (tertiary/aromatic N) is 1. The third-order valence-corrected chi connectivity index (χ3v) is 2.50. The van der Waals surface area contributed by atoms with Gasteiger partial charge in [-0.2, -0.15) is 18.4 Å². The monoisotopic (exact) mass is 285 g/mol. The van der Waals surface area contributed by atoms with Crippen LogP contribution in [-0.4, -0.2) is 19.3 Å². The molecule has 6 heteroatoms. The van der Waals surface area contributed by atoms with E-state index in [0.29, 0.717) is 5.57 Å². The van der Waals surface area contributed by atoms with Crippen LogP contribution in [0.3, 0.4) is 0 Å². The molecule has 1 unspecified atom stereocenters. The Hall–Kier alpha value is -2.21. The van der Waals surface area contributed by atoms with Gasteiger partial charge in [-0.15, -0.1) is 6.42 Å². The quantitative estimate of drug-likeness (QED) is 0.337. The molecule has 0 saturated heterocycles. The van der Waals surface area contributed by atoms with Crippen molar-refractivity contribution in [3.8, 4) is 18.4 Å². The van der Waals surface area contributed by atoms with E-state index in [1.165, 1.54) is 19.1 Å². The predicted molar refractivity (Wildman–Crippen MR) is 67.1 cm³/mol. The topological polar surface area (TPSA) is 50.1 Å². The molecule has 0 spiro atoms. The fourth-order valence-corrected chi connectivity index (χ4v) is 1.32. The number of nitriles is 1. The molecule has 0 saturated carbocycles. The van der Waals surface area contributed by atoms with E-state index in [-0.39, 0.29) is 12.0 Å². The molecular formula is C14H14F3NO2. The van der Waals surface area contributed by atoms with Gasteiger partial charge in [-0.05, 0) is 19.4 Å². The molecule has 0 amide bonds. The minimum atomic E-state index is -4.30. The smallest absolute Gasteiger partial charge is 0.389 e. The highest BCUT2D eigenvalue weighted by molar-refractivity contribution is 5.93. The highest BCUT2D eigenvalue weighted by atomic mass is 19.4. The number of carbonyl (C=O) groups is 1. The SMILES string of the molecule is C#CC(=CC=C(C)C(C#N)CCC(F)(F)F)C(=O)OC. The zero-order valence-corrected chi connectivity index (χ0v) is 11.1. The van der Waals surface area contributed by atoms with Gasteiger partial charge in [-0.3, -0.25) is 0 Å². The van der Waals surface area contributed by atoms with Crippen LogP contribution < -0.4 is 0 Å². The van der Waals surface area contributed by atoms with Crippen LogP contribution in [0.15, 0.2) is 23.3 Å². The van der Waals surface area contributed by atoms with Gasteiger partial charge >= 0.3 is 12.1 Å². The average molecular weight is 285 g/mol. The number of rotatable bonds is 5. The van der Waals surface area contributed by atoms with Crippen LogP contribution >= 0.6 is 0 Å². The summed E-state index contributed by atoms with van der Waals surface area (Å²) in [6.07, 6.45) is 2.02. The van der Waals surface area contributed by atoms with Gasteiger partial charge in [0, 0.05) is 6.42 Å². The van der Waals surface area contributed by atoms with E-state index in [1.54, 1.807) is 6.07 Å². The molecule has 0 radical (unpaired) electrons. The van der Waals surface area contributed by atoms with Crippen LogP contribution in [0.1, 0.15) is 19.8 Å². The largest absolute Gasteiger partial charge is 0.465 e. The third kappa shape index (κ3) is 6.65. The molecule has 0 rings (SSSR count). The van der Waals surface area contributed by atoms with Crippen LogP contribution in [-0.2, 0) is 9.53 Å². The molecule has 0 aliphatic rings. The van der Waals surface area contributed by atoms with Gasteiger partial charge < -0.3 is 4.74 Å². The summed E-state index contributed by atoms with van der Waals surface area (Å²) in [6.45, 7) is 1.51. The van der Waals surface area contributed by atoms with Gasteiger partial charge in [-0.25, -0.2) is 4.79 Å². The van der Waals surface area contributed by atoms with E-state index in [0.717, 1.165) is 7.11 Å². The van der Waals surface area contributed by atoms with Crippen LogP contribution in [0.5, 0.6) is 0 Å². The van der Waals surface area contributed by atoms with Crippen molar-refractivity contribution < 1.29 is 22.7 Å². The Labute approximate surface area is 115 Å². The minimum Gasteiger partial charge on any atom is -0.465 e. The van der Waals surface area contributed by atoms with Gasteiger partial charge in [0.1, 0.15) is 5.57 Å². The van der Waals surface area contributed by atoms with Crippen molar-refractivity contribution in [2.24, 2.45) is 5.92 Å². The number of terminal acetylenes is 1. The maximum absolute atomic E-state index is 12.1. The molecule has 108 valence electrons. The highest BCUT2D eigenvalue weighted by Crippen LogP contribution is 2.26. The number of halogens is 3. The van der Waals surface area contributed by atoms with Crippen molar-refractivity contribution in [2.75, 3.05) is 7.11 Å². The van der Waals surface area contributed by atoms with E-state index in [9.17, 15) is 18.0 Å². The van der Waals surface area contributed by atoms with Crippen molar-refractivity contribution in [2.45, 2.75) is 25.9 Å². The Bertz CT molecular complexity index is 490. The van der Waals surface area contributed by atoms with Gasteiger partial charge in [0.2, 0.25) is 0 Å². The molecule has 0 aromatic carbocycles. The van der Waals surface area contributed by atoms with Gasteiger partial charge in [0.25, 0.3) is 0 Å². The Morgan fingerprint density at radius 3 is 2.45 bits per heavy atom. The first-order valence-electron chi connectivity index (χ1n) is 5.65. The van der Waals surface area contributed by atoms with Crippen LogP contribution in [0.4, 0.5) is 13.2 Å². The number of esters is 1. The second-order valence-corrected chi connectivity index (χ2v) is 3.96. The minimum absolute atomic E-state index is 0.0700. The van der Waals surface area contributed by atoms with Crippen LogP contribution in [0, 0.1) is 29.6 Å². The normalized spacial score (nSPS) is 14.2.